The Bertz CT molecular complexity index is 742. The van der Waals surface area contributed by atoms with E-state index in [4.69, 9.17) is 17.2 Å². The van der Waals surface area contributed by atoms with Crippen molar-refractivity contribution in [3.05, 3.63) is 0 Å². The minimum absolute atomic E-state index is 0.208. The number of hydrogen-bond donors (Lipinski definition) is 7. The van der Waals surface area contributed by atoms with Crippen molar-refractivity contribution in [3.63, 3.8) is 0 Å². The maximum absolute atomic E-state index is 12.8. The van der Waals surface area contributed by atoms with Gasteiger partial charge in [0.1, 0.15) is 18.1 Å². The van der Waals surface area contributed by atoms with Gasteiger partial charge in [0, 0.05) is 6.42 Å². The molecule has 13 nitrogen and oxygen atoms in total. The fraction of sp³-hybridized carbons (Fsp3) is 0.700. The molecular formula is C20H36N6O7. The smallest absolute Gasteiger partial charge is 0.326 e. The van der Waals surface area contributed by atoms with Gasteiger partial charge >= 0.3 is 5.97 Å². The van der Waals surface area contributed by atoms with E-state index in [0.717, 1.165) is 0 Å². The van der Waals surface area contributed by atoms with Crippen molar-refractivity contribution in [2.45, 2.75) is 77.5 Å². The first-order valence-corrected chi connectivity index (χ1v) is 10.7. The maximum atomic E-state index is 12.8. The summed E-state index contributed by atoms with van der Waals surface area (Å²) in [6.45, 7) is 6.73. The molecule has 0 aromatic carbocycles. The standard InChI is InChI=1S/C20H36N6O7/c1-5-10(4)15(23)19(31)25-12(8-14(22)28)18(30)24-11(6-7-13(21)27)17(29)26-16(9(2)3)20(32)33/h9-12,15-16H,5-8,23H2,1-4H3,(H2,21,27)(H2,22,28)(H,24,30)(H,25,31)(H,26,29)(H,32,33). The van der Waals surface area contributed by atoms with Crippen LogP contribution in [0, 0.1) is 11.8 Å². The normalized spacial score (nSPS) is 15.5. The molecule has 188 valence electrons. The minimum Gasteiger partial charge on any atom is -0.480 e. The molecule has 0 saturated carbocycles. The predicted molar refractivity (Wildman–Crippen MR) is 118 cm³/mol. The van der Waals surface area contributed by atoms with E-state index >= 15 is 0 Å². The molecule has 5 amide bonds. The second-order valence-electron chi connectivity index (χ2n) is 8.28. The summed E-state index contributed by atoms with van der Waals surface area (Å²) >= 11 is 0. The first-order valence-electron chi connectivity index (χ1n) is 10.7. The summed E-state index contributed by atoms with van der Waals surface area (Å²) in [5.74, 6) is -6.08. The zero-order valence-electron chi connectivity index (χ0n) is 19.4. The largest absolute Gasteiger partial charge is 0.480 e. The number of carbonyl (C=O) groups excluding carboxylic acids is 5. The molecule has 5 unspecified atom stereocenters. The molecule has 0 saturated heterocycles. The molecule has 0 aliphatic rings. The van der Waals surface area contributed by atoms with Gasteiger partial charge in [0.2, 0.25) is 29.5 Å². The first-order chi connectivity index (χ1) is 15.2. The fourth-order valence-electron chi connectivity index (χ4n) is 2.79. The Labute approximate surface area is 192 Å². The monoisotopic (exact) mass is 472 g/mol. The molecule has 0 aromatic rings. The highest BCUT2D eigenvalue weighted by atomic mass is 16.4. The van der Waals surface area contributed by atoms with Crippen molar-refractivity contribution in [1.82, 2.24) is 16.0 Å². The quantitative estimate of drug-likeness (QED) is 0.136. The van der Waals surface area contributed by atoms with Crippen molar-refractivity contribution < 1.29 is 33.9 Å². The second-order valence-corrected chi connectivity index (χ2v) is 8.28. The Morgan fingerprint density at radius 3 is 1.76 bits per heavy atom. The van der Waals surface area contributed by atoms with Crippen LogP contribution in [-0.4, -0.2) is 64.8 Å². The van der Waals surface area contributed by atoms with E-state index in [1.54, 1.807) is 20.8 Å². The van der Waals surface area contributed by atoms with Gasteiger partial charge in [0.05, 0.1) is 12.5 Å². The van der Waals surface area contributed by atoms with E-state index in [1.165, 1.54) is 0 Å². The molecule has 0 radical (unpaired) electrons. The van der Waals surface area contributed by atoms with Crippen LogP contribution in [0.2, 0.25) is 0 Å². The van der Waals surface area contributed by atoms with Gasteiger partial charge in [-0.05, 0) is 18.3 Å². The van der Waals surface area contributed by atoms with E-state index in [0.29, 0.717) is 6.42 Å². The molecule has 0 aliphatic heterocycles. The van der Waals surface area contributed by atoms with E-state index in [-0.39, 0.29) is 18.8 Å². The van der Waals surface area contributed by atoms with Crippen LogP contribution >= 0.6 is 0 Å². The van der Waals surface area contributed by atoms with Crippen LogP contribution in [0.5, 0.6) is 0 Å². The van der Waals surface area contributed by atoms with E-state index in [2.05, 4.69) is 16.0 Å². The Morgan fingerprint density at radius 1 is 0.818 bits per heavy atom. The summed E-state index contributed by atoms with van der Waals surface area (Å²) in [5.41, 5.74) is 16.2. The van der Waals surface area contributed by atoms with Crippen LogP contribution in [0.25, 0.3) is 0 Å². The number of nitrogens with two attached hydrogens (primary N) is 3. The Morgan fingerprint density at radius 2 is 1.33 bits per heavy atom. The van der Waals surface area contributed by atoms with E-state index < -0.39 is 72.0 Å². The zero-order valence-corrected chi connectivity index (χ0v) is 19.4. The van der Waals surface area contributed by atoms with Gasteiger partial charge < -0.3 is 38.3 Å². The number of aliphatic carboxylic acids is 1. The molecule has 10 N–H and O–H groups in total. The van der Waals surface area contributed by atoms with Crippen LogP contribution in [0.1, 0.15) is 53.4 Å². The van der Waals surface area contributed by atoms with Gasteiger partial charge in [0.25, 0.3) is 0 Å². The lowest BCUT2D eigenvalue weighted by atomic mass is 9.98. The molecule has 13 heteroatoms. The average molecular weight is 473 g/mol. The lowest BCUT2D eigenvalue weighted by Gasteiger charge is -2.26. The Kier molecular flexibility index (Phi) is 12.7. The van der Waals surface area contributed by atoms with Crippen LogP contribution in [0.3, 0.4) is 0 Å². The third-order valence-corrected chi connectivity index (χ3v) is 5.14. The van der Waals surface area contributed by atoms with Crippen molar-refractivity contribution in [2.24, 2.45) is 29.0 Å². The molecule has 0 bridgehead atoms. The molecule has 0 aliphatic carbocycles. The fourth-order valence-corrected chi connectivity index (χ4v) is 2.79. The number of primary amides is 2. The highest BCUT2D eigenvalue weighted by molar-refractivity contribution is 5.96. The highest BCUT2D eigenvalue weighted by Gasteiger charge is 2.32. The molecule has 0 spiro atoms. The van der Waals surface area contributed by atoms with E-state index in [1.807, 2.05) is 6.92 Å². The maximum Gasteiger partial charge on any atom is 0.326 e. The average Bonchev–Trinajstić information content (AvgIpc) is 2.71. The Hall–Kier alpha value is -3.22. The van der Waals surface area contributed by atoms with Gasteiger partial charge in [-0.1, -0.05) is 34.1 Å². The zero-order chi connectivity index (χ0) is 25.9. The van der Waals surface area contributed by atoms with Crippen molar-refractivity contribution in [3.8, 4) is 0 Å². The summed E-state index contributed by atoms with van der Waals surface area (Å²) in [6, 6.07) is -5.00. The molecule has 0 fully saturated rings. The van der Waals surface area contributed by atoms with Gasteiger partial charge in [-0.3, -0.25) is 24.0 Å². The number of hydrogen-bond acceptors (Lipinski definition) is 7. The number of carboxylic acid groups (broad SMARTS) is 1. The summed E-state index contributed by atoms with van der Waals surface area (Å²) in [5, 5.41) is 16.3. The number of amides is 5. The lowest BCUT2D eigenvalue weighted by molar-refractivity contribution is -0.143. The van der Waals surface area contributed by atoms with Crippen molar-refractivity contribution >= 4 is 35.5 Å². The number of nitrogens with one attached hydrogen (secondary N) is 3. The minimum atomic E-state index is -1.44. The van der Waals surface area contributed by atoms with Gasteiger partial charge in [-0.15, -0.1) is 0 Å². The van der Waals surface area contributed by atoms with Crippen LogP contribution in [0.15, 0.2) is 0 Å². The number of carbonyl (C=O) groups is 6. The number of rotatable bonds is 15. The first kappa shape index (κ1) is 29.8. The van der Waals surface area contributed by atoms with Gasteiger partial charge in [0.15, 0.2) is 0 Å². The second kappa shape index (κ2) is 14.0. The molecule has 0 aromatic heterocycles. The van der Waals surface area contributed by atoms with Crippen LogP contribution in [0.4, 0.5) is 0 Å². The number of carboxylic acids is 1. The third kappa shape index (κ3) is 10.8. The van der Waals surface area contributed by atoms with Crippen molar-refractivity contribution in [2.75, 3.05) is 0 Å². The van der Waals surface area contributed by atoms with Crippen LogP contribution < -0.4 is 33.2 Å². The van der Waals surface area contributed by atoms with Gasteiger partial charge in [-0.2, -0.15) is 0 Å². The summed E-state index contributed by atoms with van der Waals surface area (Å²) in [7, 11) is 0. The molecule has 0 heterocycles. The lowest BCUT2D eigenvalue weighted by Crippen LogP contribution is -2.58. The van der Waals surface area contributed by atoms with Crippen molar-refractivity contribution in [1.29, 1.82) is 0 Å². The highest BCUT2D eigenvalue weighted by Crippen LogP contribution is 2.08. The molecular weight excluding hydrogens is 436 g/mol. The topological polar surface area (TPSA) is 237 Å². The van der Waals surface area contributed by atoms with Crippen LogP contribution in [-0.2, 0) is 28.8 Å². The molecule has 0 rings (SSSR count). The predicted octanol–water partition coefficient (Wildman–Crippen LogP) is -2.30. The summed E-state index contributed by atoms with van der Waals surface area (Å²) in [4.78, 5) is 71.9. The summed E-state index contributed by atoms with van der Waals surface area (Å²) < 4.78 is 0. The van der Waals surface area contributed by atoms with E-state index in [9.17, 15) is 33.9 Å². The van der Waals surface area contributed by atoms with Gasteiger partial charge in [-0.25, -0.2) is 4.79 Å². The Balaban J connectivity index is 5.62. The molecule has 5 atom stereocenters. The summed E-state index contributed by atoms with van der Waals surface area (Å²) in [6.07, 6.45) is -0.500. The molecule has 33 heavy (non-hydrogen) atoms. The third-order valence-electron chi connectivity index (χ3n) is 5.14. The SMILES string of the molecule is CCC(C)C(N)C(=O)NC(CC(N)=O)C(=O)NC(CCC(N)=O)C(=O)NC(C(=O)O)C(C)C.